The summed E-state index contributed by atoms with van der Waals surface area (Å²) in [4.78, 5) is 51.0. The topological polar surface area (TPSA) is 188 Å². The molecular weight excluding hydrogens is 1010 g/mol. The minimum Gasteiger partial charge on any atom is -0.453 e. The van der Waals surface area contributed by atoms with Gasteiger partial charge in [0.05, 0.1) is 56.4 Å². The van der Waals surface area contributed by atoms with Crippen molar-refractivity contribution in [2.45, 2.75) is 53.0 Å². The van der Waals surface area contributed by atoms with Gasteiger partial charge in [-0.15, -0.1) is 0 Å². The highest BCUT2D eigenvalue weighted by atomic mass is 79.9. The molecule has 0 spiro atoms. The third-order valence-electron chi connectivity index (χ3n) is 9.08. The predicted molar refractivity (Wildman–Crippen MR) is 234 cm³/mol. The number of esters is 2. The zero-order valence-electron chi connectivity index (χ0n) is 33.4. The highest BCUT2D eigenvalue weighted by Crippen LogP contribution is 2.37. The number of carbonyl (C=O) groups is 2. The van der Waals surface area contributed by atoms with Crippen LogP contribution in [0.4, 0.5) is 8.78 Å². The van der Waals surface area contributed by atoms with Crippen LogP contribution in [-0.2, 0) is 45.4 Å². The normalized spacial score (nSPS) is 10.8. The second kappa shape index (κ2) is 20.8. The molecule has 14 nitrogen and oxygen atoms in total. The molecule has 326 valence electrons. The number of halogens is 6. The van der Waals surface area contributed by atoms with Gasteiger partial charge in [-0.3, -0.25) is 19.2 Å². The molecule has 0 N–H and O–H groups in total. The zero-order valence-corrected chi connectivity index (χ0v) is 38.1. The number of nitriles is 2. The molecule has 0 unspecified atom stereocenters. The molecule has 6 aromatic rings. The van der Waals surface area contributed by atoms with Crippen LogP contribution in [0.25, 0.3) is 0 Å². The number of nitrogens with zero attached hydrogens (tertiary/aromatic N) is 6. The van der Waals surface area contributed by atoms with E-state index >= 15 is 8.78 Å². The number of carbonyl (C=O) groups excluding carboxylic acids is 2. The standard InChI is InChI=1S/C44H30Br2Cl2F2N6O8/c1-23-9-31(15-27-3-5-35(45)41(39(27)49)63-33-13-25(19-51)11-29(47)17-33)53-55(43(23)59)21-61-37(57)7-8-38(58)62-22-56-44(60)24(2)10-32(54-56)16-28-4-6-36(46)42(40(28)50)64-34-14-26(20-52)12-30(48)18-34/h3-6,9-14,17-18H,7-8,15-16,21-22H2,1-2H3. The molecule has 20 heteroatoms. The lowest BCUT2D eigenvalue weighted by Gasteiger charge is -2.14. The monoisotopic (exact) mass is 1040 g/mol. The quantitative estimate of drug-likeness (QED) is 0.0888. The first-order valence-corrected chi connectivity index (χ1v) is 21.0. The number of benzene rings is 4. The first-order valence-electron chi connectivity index (χ1n) is 18.7. The summed E-state index contributed by atoms with van der Waals surface area (Å²) in [6.45, 7) is 1.79. The first-order chi connectivity index (χ1) is 30.5. The average Bonchev–Trinajstić information content (AvgIpc) is 3.25. The number of hydrogen-bond acceptors (Lipinski definition) is 12. The van der Waals surface area contributed by atoms with Gasteiger partial charge in [-0.1, -0.05) is 35.3 Å². The van der Waals surface area contributed by atoms with Gasteiger partial charge in [0.25, 0.3) is 11.1 Å². The van der Waals surface area contributed by atoms with E-state index in [1.807, 2.05) is 12.1 Å². The lowest BCUT2D eigenvalue weighted by Crippen LogP contribution is -2.29. The second-order valence-corrected chi connectivity index (χ2v) is 16.5. The average molecular weight is 1040 g/mol. The van der Waals surface area contributed by atoms with Crippen LogP contribution in [0.15, 0.2) is 91.3 Å². The number of hydrogen-bond donors (Lipinski definition) is 0. The minimum absolute atomic E-state index is 0.0940. The molecule has 2 heterocycles. The van der Waals surface area contributed by atoms with Gasteiger partial charge in [-0.25, -0.2) is 8.78 Å². The van der Waals surface area contributed by atoms with Crippen molar-refractivity contribution in [2.24, 2.45) is 0 Å². The molecule has 64 heavy (non-hydrogen) atoms. The van der Waals surface area contributed by atoms with Gasteiger partial charge < -0.3 is 18.9 Å². The molecule has 0 radical (unpaired) electrons. The van der Waals surface area contributed by atoms with Crippen LogP contribution >= 0.6 is 55.1 Å². The molecule has 0 aliphatic heterocycles. The van der Waals surface area contributed by atoms with Gasteiger partial charge in [-0.05, 0) is 117 Å². The van der Waals surface area contributed by atoms with E-state index in [2.05, 4.69) is 42.1 Å². The Hall–Kier alpha value is -6.44. The van der Waals surface area contributed by atoms with E-state index in [9.17, 15) is 29.7 Å². The number of rotatable bonds is 15. The van der Waals surface area contributed by atoms with Crippen LogP contribution in [0.3, 0.4) is 0 Å². The number of aryl methyl sites for hydroxylation is 2. The highest BCUT2D eigenvalue weighted by Gasteiger charge is 2.20. The summed E-state index contributed by atoms with van der Waals surface area (Å²) in [5.74, 6) is -3.29. The zero-order chi connectivity index (χ0) is 46.2. The number of aromatic nitrogens is 4. The van der Waals surface area contributed by atoms with Crippen LogP contribution in [0.2, 0.25) is 10.0 Å². The maximum atomic E-state index is 15.8. The van der Waals surface area contributed by atoms with E-state index < -0.39 is 61.0 Å². The van der Waals surface area contributed by atoms with Crippen LogP contribution in [0, 0.1) is 48.1 Å². The first kappa shape index (κ1) is 47.0. The smallest absolute Gasteiger partial charge is 0.308 e. The third kappa shape index (κ3) is 11.8. The Bertz CT molecular complexity index is 2840. The molecule has 0 aliphatic carbocycles. The fraction of sp³-hybridized carbons (Fsp3) is 0.182. The summed E-state index contributed by atoms with van der Waals surface area (Å²) in [7, 11) is 0. The van der Waals surface area contributed by atoms with E-state index in [1.165, 1.54) is 74.5 Å². The van der Waals surface area contributed by atoms with Crippen molar-refractivity contribution < 1.29 is 37.3 Å². The Morgan fingerprint density at radius 2 is 1.05 bits per heavy atom. The van der Waals surface area contributed by atoms with E-state index in [1.54, 1.807) is 12.1 Å². The molecule has 0 saturated carbocycles. The summed E-state index contributed by atoms with van der Waals surface area (Å²) in [5.41, 5.74) is 0.552. The van der Waals surface area contributed by atoms with E-state index in [4.69, 9.17) is 42.1 Å². The molecule has 4 aromatic carbocycles. The molecule has 2 aromatic heterocycles. The van der Waals surface area contributed by atoms with Crippen molar-refractivity contribution in [3.05, 3.63) is 169 Å². The van der Waals surface area contributed by atoms with Crippen LogP contribution in [0.5, 0.6) is 23.0 Å². The Morgan fingerprint density at radius 1 is 0.656 bits per heavy atom. The van der Waals surface area contributed by atoms with E-state index in [-0.39, 0.29) is 99.6 Å². The van der Waals surface area contributed by atoms with E-state index in [0.717, 1.165) is 9.36 Å². The highest BCUT2D eigenvalue weighted by molar-refractivity contribution is 9.11. The maximum Gasteiger partial charge on any atom is 0.308 e. The van der Waals surface area contributed by atoms with Crippen molar-refractivity contribution in [3.8, 4) is 35.1 Å². The maximum absolute atomic E-state index is 15.8. The number of ether oxygens (including phenoxy) is 4. The van der Waals surface area contributed by atoms with Crippen molar-refractivity contribution in [2.75, 3.05) is 0 Å². The Balaban J connectivity index is 1.04. The minimum atomic E-state index is -0.871. The molecule has 0 amide bonds. The second-order valence-electron chi connectivity index (χ2n) is 13.9. The SMILES string of the molecule is Cc1cc(Cc2ccc(Br)c(Oc3cc(Cl)cc(C#N)c3)c2F)nn(COC(=O)CCC(=O)OCn2nc(Cc3ccc(Br)c(Oc4cc(Cl)cc(C#N)c4)c3F)cc(C)c2=O)c1=O. The van der Waals surface area contributed by atoms with Crippen molar-refractivity contribution >= 4 is 67.0 Å². The molecule has 0 atom stereocenters. The van der Waals surface area contributed by atoms with Gasteiger partial charge in [0.1, 0.15) is 11.5 Å². The lowest BCUT2D eigenvalue weighted by molar-refractivity contribution is -0.155. The molecular formula is C44H30Br2Cl2F2N6O8. The molecule has 6 rings (SSSR count). The van der Waals surface area contributed by atoms with Gasteiger partial charge in [0.15, 0.2) is 36.6 Å². The van der Waals surface area contributed by atoms with Crippen molar-refractivity contribution in [1.29, 1.82) is 10.5 Å². The van der Waals surface area contributed by atoms with Gasteiger partial charge in [0, 0.05) is 34.0 Å². The molecule has 0 bridgehead atoms. The van der Waals surface area contributed by atoms with Gasteiger partial charge >= 0.3 is 11.9 Å². The molecule has 0 saturated heterocycles. The van der Waals surface area contributed by atoms with Crippen LogP contribution < -0.4 is 20.6 Å². The predicted octanol–water partition coefficient (Wildman–Crippen LogP) is 9.52. The van der Waals surface area contributed by atoms with Crippen molar-refractivity contribution in [1.82, 2.24) is 19.6 Å². The van der Waals surface area contributed by atoms with E-state index in [0.29, 0.717) is 0 Å². The lowest BCUT2D eigenvalue weighted by atomic mass is 10.1. The summed E-state index contributed by atoms with van der Waals surface area (Å²) < 4.78 is 55.8. The largest absolute Gasteiger partial charge is 0.453 e. The summed E-state index contributed by atoms with van der Waals surface area (Å²) >= 11 is 18.7. The Kier molecular flexibility index (Phi) is 15.3. The summed E-state index contributed by atoms with van der Waals surface area (Å²) in [6, 6.07) is 21.5. The van der Waals surface area contributed by atoms with Gasteiger partial charge in [-0.2, -0.15) is 30.1 Å². The fourth-order valence-electron chi connectivity index (χ4n) is 6.06. The summed E-state index contributed by atoms with van der Waals surface area (Å²) in [5, 5.41) is 27.4. The Labute approximate surface area is 389 Å². The van der Waals surface area contributed by atoms with Crippen molar-refractivity contribution in [3.63, 3.8) is 0 Å². The molecule has 0 aliphatic rings. The summed E-state index contributed by atoms with van der Waals surface area (Å²) in [6.07, 6.45) is -1.10. The third-order valence-corrected chi connectivity index (χ3v) is 10.8. The van der Waals surface area contributed by atoms with Gasteiger partial charge in [0.2, 0.25) is 0 Å². The molecule has 0 fully saturated rings. The van der Waals surface area contributed by atoms with Crippen LogP contribution in [0.1, 0.15) is 57.6 Å². The Morgan fingerprint density at radius 3 is 1.42 bits per heavy atom. The van der Waals surface area contributed by atoms with Crippen LogP contribution in [-0.4, -0.2) is 31.5 Å². The fourth-order valence-corrected chi connectivity index (χ4v) is 7.28.